The molecule has 2 atom stereocenters. The zero-order chi connectivity index (χ0) is 42.4. The van der Waals surface area contributed by atoms with Gasteiger partial charge >= 0.3 is 11.9 Å². The minimum atomic E-state index is -1.04. The molecule has 6 aromatic rings. The number of aromatic nitrogens is 2. The number of rotatable bonds is 23. The van der Waals surface area contributed by atoms with Crippen molar-refractivity contribution in [2.24, 2.45) is 0 Å². The molecule has 2 unspecified atom stereocenters. The highest BCUT2D eigenvalue weighted by Gasteiger charge is 2.20. The number of thioether (sulfide) groups is 2. The molecule has 0 bridgehead atoms. The highest BCUT2D eigenvalue weighted by atomic mass is 32.2. The molecule has 6 rings (SSSR count). The van der Waals surface area contributed by atoms with Crippen LogP contribution in [-0.2, 0) is 31.9 Å². The largest absolute Gasteiger partial charge is 0.490 e. The van der Waals surface area contributed by atoms with Crippen LogP contribution in [0.5, 0.6) is 11.5 Å². The minimum Gasteiger partial charge on any atom is -0.490 e. The van der Waals surface area contributed by atoms with Crippen LogP contribution in [0, 0.1) is 13.8 Å². The Morgan fingerprint density at radius 1 is 0.567 bits per heavy atom. The number of carbonyl (C=O) groups is 2. The van der Waals surface area contributed by atoms with Crippen molar-refractivity contribution in [3.63, 3.8) is 0 Å². The van der Waals surface area contributed by atoms with Crippen molar-refractivity contribution >= 4 is 35.5 Å². The van der Waals surface area contributed by atoms with Crippen LogP contribution in [0.1, 0.15) is 36.8 Å². The van der Waals surface area contributed by atoms with E-state index < -0.39 is 24.1 Å². The Balaban J connectivity index is 0.961. The molecule has 2 aromatic heterocycles. The topological polar surface area (TPSA) is 164 Å². The Labute approximate surface area is 357 Å². The molecule has 4 aromatic carbocycles. The van der Waals surface area contributed by atoms with Crippen LogP contribution in [-0.4, -0.2) is 82.3 Å². The van der Waals surface area contributed by atoms with E-state index in [9.17, 15) is 19.8 Å². The molecule has 0 aliphatic heterocycles. The van der Waals surface area contributed by atoms with E-state index in [0.717, 1.165) is 79.3 Å². The third kappa shape index (κ3) is 12.3. The summed E-state index contributed by atoms with van der Waals surface area (Å²) in [5, 5.41) is 18.5. The van der Waals surface area contributed by atoms with E-state index >= 15 is 0 Å². The molecule has 0 aliphatic rings. The van der Waals surface area contributed by atoms with E-state index in [2.05, 4.69) is 24.3 Å². The van der Waals surface area contributed by atoms with Gasteiger partial charge in [0.15, 0.2) is 12.2 Å². The van der Waals surface area contributed by atoms with Gasteiger partial charge in [0.2, 0.25) is 11.8 Å². The summed E-state index contributed by atoms with van der Waals surface area (Å²) in [6.45, 7) is 7.88. The van der Waals surface area contributed by atoms with Crippen molar-refractivity contribution in [2.75, 3.05) is 37.9 Å². The second-order valence-corrected chi connectivity index (χ2v) is 15.9. The maximum atomic E-state index is 11.3. The predicted octanol–water partition coefficient (Wildman–Crippen LogP) is 9.69. The van der Waals surface area contributed by atoms with Crippen molar-refractivity contribution in [1.82, 2.24) is 9.97 Å². The van der Waals surface area contributed by atoms with Crippen LogP contribution in [0.4, 0.5) is 0 Å². The zero-order valence-corrected chi connectivity index (χ0v) is 35.6. The number of oxazole rings is 2. The van der Waals surface area contributed by atoms with Crippen LogP contribution >= 0.6 is 23.5 Å². The van der Waals surface area contributed by atoms with Gasteiger partial charge in [0.1, 0.15) is 36.2 Å². The summed E-state index contributed by atoms with van der Waals surface area (Å²) in [7, 11) is 0. The summed E-state index contributed by atoms with van der Waals surface area (Å²) in [5.41, 5.74) is 5.77. The number of aliphatic carboxylic acids is 2. The third-order valence-electron chi connectivity index (χ3n) is 9.33. The first kappa shape index (κ1) is 44.0. The van der Waals surface area contributed by atoms with Crippen LogP contribution in [0.15, 0.2) is 116 Å². The molecule has 0 fully saturated rings. The second kappa shape index (κ2) is 21.6. The van der Waals surface area contributed by atoms with E-state index in [4.69, 9.17) is 37.7 Å². The van der Waals surface area contributed by atoms with Crippen LogP contribution in [0.3, 0.4) is 0 Å². The lowest BCUT2D eigenvalue weighted by Gasteiger charge is -2.13. The lowest BCUT2D eigenvalue weighted by atomic mass is 10.0. The van der Waals surface area contributed by atoms with E-state index in [1.54, 1.807) is 37.4 Å². The molecule has 314 valence electrons. The summed E-state index contributed by atoms with van der Waals surface area (Å²) in [5.74, 6) is 3.48. The van der Waals surface area contributed by atoms with Crippen molar-refractivity contribution in [1.29, 1.82) is 0 Å². The van der Waals surface area contributed by atoms with Gasteiger partial charge in [0, 0.05) is 58.5 Å². The van der Waals surface area contributed by atoms with E-state index in [-0.39, 0.29) is 13.2 Å². The fraction of sp³-hybridized carbons (Fsp3) is 0.304. The summed E-state index contributed by atoms with van der Waals surface area (Å²) in [6, 6.07) is 31.5. The molecule has 0 amide bonds. The Morgan fingerprint density at radius 2 is 0.917 bits per heavy atom. The Bertz CT molecular complexity index is 2130. The number of aryl methyl sites for hydroxylation is 4. The Hall–Kier alpha value is -5.54. The van der Waals surface area contributed by atoms with Gasteiger partial charge < -0.3 is 38.0 Å². The highest BCUT2D eigenvalue weighted by Crippen LogP contribution is 2.31. The van der Waals surface area contributed by atoms with Crippen molar-refractivity contribution in [3.8, 4) is 45.5 Å². The maximum absolute atomic E-state index is 11.3. The number of hydrogen-bond acceptors (Lipinski definition) is 12. The summed E-state index contributed by atoms with van der Waals surface area (Å²) >= 11 is 3.40. The molecule has 0 saturated heterocycles. The number of benzene rings is 4. The van der Waals surface area contributed by atoms with Gasteiger partial charge in [-0.3, -0.25) is 0 Å². The lowest BCUT2D eigenvalue weighted by Crippen LogP contribution is -2.30. The van der Waals surface area contributed by atoms with E-state index in [1.165, 1.54) is 0 Å². The zero-order valence-electron chi connectivity index (χ0n) is 33.9. The van der Waals surface area contributed by atoms with Gasteiger partial charge in [-0.2, -0.15) is 0 Å². The normalized spacial score (nSPS) is 12.3. The fourth-order valence-electron chi connectivity index (χ4n) is 6.10. The molecule has 2 N–H and O–H groups in total. The number of carboxylic acid groups (broad SMARTS) is 2. The first-order chi connectivity index (χ1) is 29.1. The smallest absolute Gasteiger partial charge is 0.336 e. The molecule has 0 spiro atoms. The van der Waals surface area contributed by atoms with Gasteiger partial charge in [-0.15, -0.1) is 23.5 Å². The molecule has 0 radical (unpaired) electrons. The van der Waals surface area contributed by atoms with Gasteiger partial charge in [0.25, 0.3) is 0 Å². The summed E-state index contributed by atoms with van der Waals surface area (Å²) < 4.78 is 33.8. The fourth-order valence-corrected chi connectivity index (χ4v) is 7.82. The average Bonchev–Trinajstić information content (AvgIpc) is 3.82. The lowest BCUT2D eigenvalue weighted by molar-refractivity contribution is -0.152. The monoisotopic (exact) mass is 852 g/mol. The molecule has 0 aliphatic carbocycles. The first-order valence-corrected chi connectivity index (χ1v) is 21.6. The molecule has 60 heavy (non-hydrogen) atoms. The van der Waals surface area contributed by atoms with Crippen LogP contribution < -0.4 is 9.47 Å². The third-order valence-corrected chi connectivity index (χ3v) is 11.4. The Morgan fingerprint density at radius 3 is 1.25 bits per heavy atom. The quantitative estimate of drug-likeness (QED) is 0.0586. The van der Waals surface area contributed by atoms with Gasteiger partial charge in [-0.1, -0.05) is 24.3 Å². The SMILES string of the molecule is CCOC(COc1ccc(SCCc2nc(-c3ccc(-c4ccc(-c5nc(CCSc6ccc(OCC(OCC)C(=O)O)cc6)c(C)o5)cc4)cc3)oc2C)cc1)C(=O)O. The van der Waals surface area contributed by atoms with Crippen LogP contribution in [0.2, 0.25) is 0 Å². The standard InChI is InChI=1S/C46H48N2O10S2/c1-5-53-41(45(49)50)27-55-35-15-19-37(20-16-35)59-25-23-39-29(3)57-43(47-39)33-11-7-31(8-12-33)32-9-13-34(14-10-32)44-48-40(30(4)58-44)24-26-60-38-21-17-36(18-22-38)56-28-42(46(51)52)54-6-2/h7-22,41-42H,5-6,23-28H2,1-4H3,(H,49,50)(H,51,52). The Kier molecular flexibility index (Phi) is 15.9. The number of nitrogens with zero attached hydrogens (tertiary/aromatic N) is 2. The molecular weight excluding hydrogens is 805 g/mol. The van der Waals surface area contributed by atoms with Gasteiger partial charge in [-0.25, -0.2) is 19.6 Å². The minimum absolute atomic E-state index is 0.0533. The van der Waals surface area contributed by atoms with E-state index in [0.29, 0.717) is 36.5 Å². The van der Waals surface area contributed by atoms with Crippen molar-refractivity contribution in [2.45, 2.75) is 62.5 Å². The summed E-state index contributed by atoms with van der Waals surface area (Å²) in [6.07, 6.45) is -0.518. The number of ether oxygens (including phenoxy) is 4. The van der Waals surface area contributed by atoms with Gasteiger partial charge in [0.05, 0.1) is 11.4 Å². The summed E-state index contributed by atoms with van der Waals surface area (Å²) in [4.78, 5) is 34.3. The first-order valence-electron chi connectivity index (χ1n) is 19.6. The van der Waals surface area contributed by atoms with Crippen LogP contribution in [0.25, 0.3) is 34.0 Å². The molecule has 2 heterocycles. The number of hydrogen-bond donors (Lipinski definition) is 2. The molecule has 12 nitrogen and oxygen atoms in total. The van der Waals surface area contributed by atoms with Crippen molar-refractivity contribution in [3.05, 3.63) is 120 Å². The molecular formula is C46H48N2O10S2. The predicted molar refractivity (Wildman–Crippen MR) is 231 cm³/mol. The van der Waals surface area contributed by atoms with E-state index in [1.807, 2.05) is 86.6 Å². The number of carboxylic acids is 2. The highest BCUT2D eigenvalue weighted by molar-refractivity contribution is 7.99. The average molecular weight is 853 g/mol. The molecule has 14 heteroatoms. The van der Waals surface area contributed by atoms with Gasteiger partial charge in [-0.05, 0) is 112 Å². The van der Waals surface area contributed by atoms with Crippen molar-refractivity contribution < 1.29 is 47.6 Å². The maximum Gasteiger partial charge on any atom is 0.336 e. The molecule has 0 saturated carbocycles. The second-order valence-electron chi connectivity index (χ2n) is 13.5.